The standard InChI is InChI=1S/C16H27N3O/c1-14(15-5-4-6-16(20)13-15)19-11-9-18(10-12-19)8-7-17(2)3/h4-6,13-14,20H,7-12H2,1-3H3. The Hall–Kier alpha value is -1.10. The molecule has 0 saturated carbocycles. The molecule has 1 aromatic carbocycles. The van der Waals surface area contributed by atoms with Gasteiger partial charge in [0, 0.05) is 45.3 Å². The van der Waals surface area contributed by atoms with Crippen LogP contribution in [0.2, 0.25) is 0 Å². The first-order chi connectivity index (χ1) is 9.56. The van der Waals surface area contributed by atoms with E-state index in [1.807, 2.05) is 12.1 Å². The van der Waals surface area contributed by atoms with E-state index < -0.39 is 0 Å². The second kappa shape index (κ2) is 7.07. The molecule has 112 valence electrons. The fourth-order valence-electron chi connectivity index (χ4n) is 2.71. The van der Waals surface area contributed by atoms with Crippen LogP contribution in [0.25, 0.3) is 0 Å². The molecule has 1 atom stereocenters. The lowest BCUT2D eigenvalue weighted by molar-refractivity contribution is 0.0975. The predicted molar refractivity (Wildman–Crippen MR) is 83.1 cm³/mol. The second-order valence-electron chi connectivity index (χ2n) is 5.95. The third-order valence-electron chi connectivity index (χ3n) is 4.17. The third kappa shape index (κ3) is 4.20. The summed E-state index contributed by atoms with van der Waals surface area (Å²) in [5.41, 5.74) is 1.20. The smallest absolute Gasteiger partial charge is 0.115 e. The molecule has 1 aliphatic heterocycles. The summed E-state index contributed by atoms with van der Waals surface area (Å²) >= 11 is 0. The molecule has 1 aromatic rings. The maximum Gasteiger partial charge on any atom is 0.115 e. The zero-order valence-corrected chi connectivity index (χ0v) is 12.9. The summed E-state index contributed by atoms with van der Waals surface area (Å²) in [6, 6.07) is 8.01. The van der Waals surface area contributed by atoms with Crippen LogP contribution < -0.4 is 0 Å². The number of hydrogen-bond acceptors (Lipinski definition) is 4. The molecule has 0 amide bonds. The number of phenols is 1. The summed E-state index contributed by atoms with van der Waals surface area (Å²) in [6.07, 6.45) is 0. The van der Waals surface area contributed by atoms with E-state index in [4.69, 9.17) is 0 Å². The fourth-order valence-corrected chi connectivity index (χ4v) is 2.71. The number of piperazine rings is 1. The van der Waals surface area contributed by atoms with Crippen molar-refractivity contribution in [3.8, 4) is 5.75 Å². The number of nitrogens with zero attached hydrogens (tertiary/aromatic N) is 3. The van der Waals surface area contributed by atoms with Gasteiger partial charge in [-0.1, -0.05) is 12.1 Å². The number of likely N-dealkylation sites (N-methyl/N-ethyl adjacent to an activating group) is 1. The molecule has 0 bridgehead atoms. The molecule has 2 rings (SSSR count). The van der Waals surface area contributed by atoms with Gasteiger partial charge in [-0.2, -0.15) is 0 Å². The number of hydrogen-bond donors (Lipinski definition) is 1. The highest BCUT2D eigenvalue weighted by Gasteiger charge is 2.21. The molecule has 0 radical (unpaired) electrons. The summed E-state index contributed by atoms with van der Waals surface area (Å²) in [4.78, 5) is 7.27. The maximum atomic E-state index is 9.59. The van der Waals surface area contributed by atoms with Crippen LogP contribution in [0.3, 0.4) is 0 Å². The van der Waals surface area contributed by atoms with Crippen molar-refractivity contribution in [1.82, 2.24) is 14.7 Å². The lowest BCUT2D eigenvalue weighted by Crippen LogP contribution is -2.48. The Morgan fingerprint density at radius 2 is 1.90 bits per heavy atom. The molecule has 0 aliphatic carbocycles. The van der Waals surface area contributed by atoms with Gasteiger partial charge in [-0.15, -0.1) is 0 Å². The van der Waals surface area contributed by atoms with Gasteiger partial charge in [0.05, 0.1) is 0 Å². The summed E-state index contributed by atoms with van der Waals surface area (Å²) in [5.74, 6) is 0.360. The lowest BCUT2D eigenvalue weighted by Gasteiger charge is -2.38. The average molecular weight is 277 g/mol. The van der Waals surface area contributed by atoms with E-state index in [1.165, 1.54) is 5.56 Å². The number of phenolic OH excluding ortho intramolecular Hbond substituents is 1. The molecule has 0 spiro atoms. The molecule has 1 saturated heterocycles. The van der Waals surface area contributed by atoms with Gasteiger partial charge in [-0.05, 0) is 38.7 Å². The Labute approximate surface area is 122 Å². The quantitative estimate of drug-likeness (QED) is 0.886. The second-order valence-corrected chi connectivity index (χ2v) is 5.95. The number of rotatable bonds is 5. The minimum absolute atomic E-state index is 0.360. The van der Waals surface area contributed by atoms with Gasteiger partial charge in [0.1, 0.15) is 5.75 Å². The zero-order valence-electron chi connectivity index (χ0n) is 12.9. The molecular weight excluding hydrogens is 250 g/mol. The van der Waals surface area contributed by atoms with Crippen molar-refractivity contribution in [3.63, 3.8) is 0 Å². The fraction of sp³-hybridized carbons (Fsp3) is 0.625. The summed E-state index contributed by atoms with van der Waals surface area (Å²) < 4.78 is 0. The van der Waals surface area contributed by atoms with Crippen LogP contribution in [0.1, 0.15) is 18.5 Å². The first kappa shape index (κ1) is 15.3. The first-order valence-corrected chi connectivity index (χ1v) is 7.46. The molecule has 20 heavy (non-hydrogen) atoms. The Balaban J connectivity index is 1.84. The van der Waals surface area contributed by atoms with Gasteiger partial charge in [-0.25, -0.2) is 0 Å². The van der Waals surface area contributed by atoms with Crippen LogP contribution in [0.4, 0.5) is 0 Å². The van der Waals surface area contributed by atoms with Crippen LogP contribution in [0, 0.1) is 0 Å². The SMILES string of the molecule is CC(c1cccc(O)c1)N1CCN(CCN(C)C)CC1. The highest BCUT2D eigenvalue weighted by atomic mass is 16.3. The van der Waals surface area contributed by atoms with Crippen LogP contribution in [-0.4, -0.2) is 73.2 Å². The van der Waals surface area contributed by atoms with E-state index in [0.717, 1.165) is 39.3 Å². The largest absolute Gasteiger partial charge is 0.508 e. The maximum absolute atomic E-state index is 9.59. The molecule has 1 N–H and O–H groups in total. The van der Waals surface area contributed by atoms with Gasteiger partial charge in [0.25, 0.3) is 0 Å². The Morgan fingerprint density at radius 1 is 1.20 bits per heavy atom. The van der Waals surface area contributed by atoms with E-state index in [1.54, 1.807) is 6.07 Å². The van der Waals surface area contributed by atoms with Crippen LogP contribution in [-0.2, 0) is 0 Å². The van der Waals surface area contributed by atoms with Gasteiger partial charge in [-0.3, -0.25) is 9.80 Å². The van der Waals surface area contributed by atoms with Crippen molar-refractivity contribution in [2.24, 2.45) is 0 Å². The first-order valence-electron chi connectivity index (χ1n) is 7.46. The predicted octanol–water partition coefficient (Wildman–Crippen LogP) is 1.63. The monoisotopic (exact) mass is 277 g/mol. The summed E-state index contributed by atoms with van der Waals surface area (Å²) in [6.45, 7) is 8.98. The summed E-state index contributed by atoms with van der Waals surface area (Å²) in [5, 5.41) is 9.59. The van der Waals surface area contributed by atoms with Crippen molar-refractivity contribution in [2.45, 2.75) is 13.0 Å². The van der Waals surface area contributed by atoms with E-state index in [-0.39, 0.29) is 0 Å². The zero-order chi connectivity index (χ0) is 14.5. The van der Waals surface area contributed by atoms with Crippen molar-refractivity contribution in [1.29, 1.82) is 0 Å². The number of benzene rings is 1. The Bertz CT molecular complexity index is 414. The third-order valence-corrected chi connectivity index (χ3v) is 4.17. The lowest BCUT2D eigenvalue weighted by atomic mass is 10.1. The molecule has 1 aliphatic rings. The molecule has 1 fully saturated rings. The molecule has 1 heterocycles. The summed E-state index contributed by atoms with van der Waals surface area (Å²) in [7, 11) is 4.25. The van der Waals surface area contributed by atoms with Crippen molar-refractivity contribution in [3.05, 3.63) is 29.8 Å². The van der Waals surface area contributed by atoms with Crippen LogP contribution in [0.15, 0.2) is 24.3 Å². The Morgan fingerprint density at radius 3 is 2.50 bits per heavy atom. The van der Waals surface area contributed by atoms with Gasteiger partial charge in [0.2, 0.25) is 0 Å². The molecule has 0 aromatic heterocycles. The highest BCUT2D eigenvalue weighted by Crippen LogP contribution is 2.24. The minimum Gasteiger partial charge on any atom is -0.508 e. The van der Waals surface area contributed by atoms with Crippen molar-refractivity contribution >= 4 is 0 Å². The highest BCUT2D eigenvalue weighted by molar-refractivity contribution is 5.29. The van der Waals surface area contributed by atoms with Gasteiger partial charge in [0.15, 0.2) is 0 Å². The molecular formula is C16H27N3O. The van der Waals surface area contributed by atoms with E-state index in [2.05, 4.69) is 41.8 Å². The minimum atomic E-state index is 0.360. The van der Waals surface area contributed by atoms with E-state index in [0.29, 0.717) is 11.8 Å². The van der Waals surface area contributed by atoms with E-state index >= 15 is 0 Å². The van der Waals surface area contributed by atoms with E-state index in [9.17, 15) is 5.11 Å². The van der Waals surface area contributed by atoms with Gasteiger partial charge < -0.3 is 10.0 Å². The van der Waals surface area contributed by atoms with Crippen molar-refractivity contribution in [2.75, 3.05) is 53.4 Å². The normalized spacial score (nSPS) is 19.4. The molecule has 4 nitrogen and oxygen atoms in total. The molecule has 4 heteroatoms. The topological polar surface area (TPSA) is 30.0 Å². The van der Waals surface area contributed by atoms with Crippen molar-refractivity contribution < 1.29 is 5.11 Å². The molecule has 1 unspecified atom stereocenters. The van der Waals surface area contributed by atoms with Gasteiger partial charge >= 0.3 is 0 Å². The Kier molecular flexibility index (Phi) is 5.40. The van der Waals surface area contributed by atoms with Crippen LogP contribution >= 0.6 is 0 Å². The number of aromatic hydroxyl groups is 1. The van der Waals surface area contributed by atoms with Crippen LogP contribution in [0.5, 0.6) is 5.75 Å². The average Bonchev–Trinajstić information content (AvgIpc) is 2.45.